The molecule has 0 aromatic heterocycles. The molecule has 25 heavy (non-hydrogen) atoms. The third-order valence-electron chi connectivity index (χ3n) is 2.99. The van der Waals surface area contributed by atoms with Crippen LogP contribution in [0.4, 0.5) is 23.2 Å². The number of nitrogens with zero attached hydrogens (tertiary/aromatic N) is 1. The molecule has 8 heteroatoms. The van der Waals surface area contributed by atoms with Crippen molar-refractivity contribution in [3.63, 3.8) is 0 Å². The van der Waals surface area contributed by atoms with Gasteiger partial charge in [0.25, 0.3) is 11.7 Å². The van der Waals surface area contributed by atoms with Crippen LogP contribution in [0.3, 0.4) is 0 Å². The molecule has 0 saturated heterocycles. The normalized spacial score (nSPS) is 11.3. The first-order chi connectivity index (χ1) is 11.9. The van der Waals surface area contributed by atoms with Gasteiger partial charge in [0.05, 0.1) is 0 Å². The summed E-state index contributed by atoms with van der Waals surface area (Å²) in [5.74, 6) is -5.26. The Labute approximate surface area is 145 Å². The lowest BCUT2D eigenvalue weighted by Crippen LogP contribution is -2.13. The number of benzene rings is 2. The summed E-state index contributed by atoms with van der Waals surface area (Å²) in [6.45, 7) is 0. The van der Waals surface area contributed by atoms with Crippen LogP contribution in [0.1, 0.15) is 5.56 Å². The van der Waals surface area contributed by atoms with Gasteiger partial charge in [0.1, 0.15) is 23.3 Å². The molecule has 2 aromatic carbocycles. The number of carbonyl (C=O) groups is 1. The third-order valence-corrected chi connectivity index (χ3v) is 3.71. The highest BCUT2D eigenvalue weighted by atomic mass is 32.2. The Hall–Kier alpha value is -2.79. The summed E-state index contributed by atoms with van der Waals surface area (Å²) in [7, 11) is 0. The molecular formula is C17H10F4N2OS. The summed E-state index contributed by atoms with van der Waals surface area (Å²) in [5.41, 5.74) is -0.758. The lowest BCUT2D eigenvalue weighted by Gasteiger charge is -2.06. The van der Waals surface area contributed by atoms with Crippen LogP contribution in [0, 0.1) is 23.0 Å². The van der Waals surface area contributed by atoms with Crippen molar-refractivity contribution < 1.29 is 22.4 Å². The van der Waals surface area contributed by atoms with E-state index in [1.54, 1.807) is 6.07 Å². The van der Waals surface area contributed by atoms with Crippen molar-refractivity contribution >= 4 is 29.4 Å². The Balaban J connectivity index is 2.18. The minimum atomic E-state index is -2.57. The van der Waals surface area contributed by atoms with E-state index in [-0.39, 0.29) is 5.69 Å². The highest BCUT2D eigenvalue weighted by molar-refractivity contribution is 7.99. The number of anilines is 1. The second-order valence-electron chi connectivity index (χ2n) is 4.66. The highest BCUT2D eigenvalue weighted by Crippen LogP contribution is 2.26. The summed E-state index contributed by atoms with van der Waals surface area (Å²) in [5, 5.41) is 11.4. The van der Waals surface area contributed by atoms with Crippen LogP contribution in [0.25, 0.3) is 6.08 Å². The fraction of sp³-hybridized carbons (Fsp3) is 0.0588. The molecule has 0 heterocycles. The van der Waals surface area contributed by atoms with E-state index in [1.807, 2.05) is 0 Å². The van der Waals surface area contributed by atoms with Crippen LogP contribution in [-0.2, 0) is 4.79 Å². The van der Waals surface area contributed by atoms with Crippen LogP contribution in [0.2, 0.25) is 0 Å². The zero-order chi connectivity index (χ0) is 18.4. The van der Waals surface area contributed by atoms with E-state index in [1.165, 1.54) is 24.3 Å². The van der Waals surface area contributed by atoms with Crippen molar-refractivity contribution in [3.05, 3.63) is 65.2 Å². The van der Waals surface area contributed by atoms with Gasteiger partial charge in [0.2, 0.25) is 0 Å². The standard InChI is InChI=1S/C17H10F4N2OS/c18-14-2-1-3-15(19)13(14)8-10(9-22)16(24)23-11-4-6-12(7-5-11)25-17(20)21/h1-8,17H,(H,23,24)/b10-8+. The van der Waals surface area contributed by atoms with E-state index >= 15 is 0 Å². The Morgan fingerprint density at radius 3 is 2.24 bits per heavy atom. The number of nitriles is 1. The van der Waals surface area contributed by atoms with Gasteiger partial charge < -0.3 is 5.32 Å². The number of halogens is 4. The molecular weight excluding hydrogens is 356 g/mol. The Morgan fingerprint density at radius 2 is 1.72 bits per heavy atom. The van der Waals surface area contributed by atoms with E-state index in [4.69, 9.17) is 5.26 Å². The molecule has 3 nitrogen and oxygen atoms in total. The Bertz CT molecular complexity index is 824. The summed E-state index contributed by atoms with van der Waals surface area (Å²) in [4.78, 5) is 12.4. The smallest absolute Gasteiger partial charge is 0.288 e. The maximum Gasteiger partial charge on any atom is 0.288 e. The quantitative estimate of drug-likeness (QED) is 0.357. The van der Waals surface area contributed by atoms with Crippen molar-refractivity contribution in [1.29, 1.82) is 5.26 Å². The second-order valence-corrected chi connectivity index (χ2v) is 5.73. The predicted octanol–water partition coefficient (Wildman–Crippen LogP) is 4.83. The van der Waals surface area contributed by atoms with Crippen molar-refractivity contribution in [2.75, 3.05) is 5.32 Å². The van der Waals surface area contributed by atoms with Gasteiger partial charge in [-0.2, -0.15) is 14.0 Å². The minimum Gasteiger partial charge on any atom is -0.321 e. The molecule has 0 saturated carbocycles. The number of rotatable bonds is 5. The molecule has 0 spiro atoms. The molecule has 0 fully saturated rings. The zero-order valence-electron chi connectivity index (χ0n) is 12.5. The molecule has 0 bridgehead atoms. The highest BCUT2D eigenvalue weighted by Gasteiger charge is 2.13. The van der Waals surface area contributed by atoms with E-state index in [0.717, 1.165) is 24.3 Å². The largest absolute Gasteiger partial charge is 0.321 e. The zero-order valence-corrected chi connectivity index (χ0v) is 13.3. The number of thioether (sulfide) groups is 1. The van der Waals surface area contributed by atoms with Gasteiger partial charge in [0, 0.05) is 16.1 Å². The van der Waals surface area contributed by atoms with Crippen LogP contribution in [-0.4, -0.2) is 11.7 Å². The summed E-state index contributed by atoms with van der Waals surface area (Å²) < 4.78 is 51.7. The Kier molecular flexibility index (Phi) is 6.19. The van der Waals surface area contributed by atoms with Gasteiger partial charge in [0.15, 0.2) is 0 Å². The number of hydrogen-bond acceptors (Lipinski definition) is 3. The maximum absolute atomic E-state index is 13.6. The average molecular weight is 366 g/mol. The fourth-order valence-electron chi connectivity index (χ4n) is 1.86. The van der Waals surface area contributed by atoms with Crippen LogP contribution >= 0.6 is 11.8 Å². The lowest BCUT2D eigenvalue weighted by molar-refractivity contribution is -0.112. The predicted molar refractivity (Wildman–Crippen MR) is 86.9 cm³/mol. The van der Waals surface area contributed by atoms with Gasteiger partial charge in [-0.3, -0.25) is 4.79 Å². The molecule has 0 radical (unpaired) electrons. The molecule has 1 amide bonds. The molecule has 2 aromatic rings. The van der Waals surface area contributed by atoms with Gasteiger partial charge in [-0.05, 0) is 42.5 Å². The third kappa shape index (κ3) is 5.09. The molecule has 0 unspecified atom stereocenters. The van der Waals surface area contributed by atoms with E-state index in [0.29, 0.717) is 16.7 Å². The molecule has 0 atom stereocenters. The number of hydrogen-bond donors (Lipinski definition) is 1. The second kappa shape index (κ2) is 8.35. The van der Waals surface area contributed by atoms with Gasteiger partial charge in [-0.25, -0.2) is 8.78 Å². The summed E-state index contributed by atoms with van der Waals surface area (Å²) >= 11 is 0.349. The first kappa shape index (κ1) is 18.5. The van der Waals surface area contributed by atoms with Gasteiger partial charge >= 0.3 is 0 Å². The van der Waals surface area contributed by atoms with Crippen molar-refractivity contribution in [2.24, 2.45) is 0 Å². The maximum atomic E-state index is 13.6. The van der Waals surface area contributed by atoms with Crippen molar-refractivity contribution in [3.8, 4) is 6.07 Å². The average Bonchev–Trinajstić information content (AvgIpc) is 2.56. The van der Waals surface area contributed by atoms with Crippen molar-refractivity contribution in [2.45, 2.75) is 10.7 Å². The first-order valence-electron chi connectivity index (χ1n) is 6.82. The molecule has 0 aliphatic heterocycles. The monoisotopic (exact) mass is 366 g/mol. The number of alkyl halides is 2. The topological polar surface area (TPSA) is 52.9 Å². The van der Waals surface area contributed by atoms with E-state index in [2.05, 4.69) is 5.32 Å². The molecule has 128 valence electrons. The number of carbonyl (C=O) groups excluding carboxylic acids is 1. The van der Waals surface area contributed by atoms with Crippen LogP contribution in [0.15, 0.2) is 52.9 Å². The van der Waals surface area contributed by atoms with E-state index in [9.17, 15) is 22.4 Å². The van der Waals surface area contributed by atoms with Crippen molar-refractivity contribution in [1.82, 2.24) is 0 Å². The molecule has 1 N–H and O–H groups in total. The molecule has 0 aliphatic carbocycles. The molecule has 0 aliphatic rings. The summed E-state index contributed by atoms with van der Waals surface area (Å²) in [6, 6.07) is 10.2. The summed E-state index contributed by atoms with van der Waals surface area (Å²) in [6.07, 6.45) is 0.807. The number of nitrogens with one attached hydrogen (secondary N) is 1. The molecule has 2 rings (SSSR count). The fourth-order valence-corrected chi connectivity index (χ4v) is 2.36. The first-order valence-corrected chi connectivity index (χ1v) is 7.70. The number of amides is 1. The van der Waals surface area contributed by atoms with Crippen LogP contribution < -0.4 is 5.32 Å². The SMILES string of the molecule is N#C/C(=C\c1c(F)cccc1F)C(=O)Nc1ccc(SC(F)F)cc1. The van der Waals surface area contributed by atoms with Crippen LogP contribution in [0.5, 0.6) is 0 Å². The van der Waals surface area contributed by atoms with Gasteiger partial charge in [-0.15, -0.1) is 0 Å². The minimum absolute atomic E-state index is 0.249. The lowest BCUT2D eigenvalue weighted by atomic mass is 10.1. The Morgan fingerprint density at radius 1 is 1.12 bits per heavy atom. The van der Waals surface area contributed by atoms with E-state index < -0.39 is 34.4 Å². The van der Waals surface area contributed by atoms with Gasteiger partial charge in [-0.1, -0.05) is 17.8 Å².